The van der Waals surface area contributed by atoms with Gasteiger partial charge in [-0.05, 0) is 48.9 Å². The molecule has 1 aromatic carbocycles. The van der Waals surface area contributed by atoms with Crippen LogP contribution in [0, 0.1) is 11.8 Å². The highest BCUT2D eigenvalue weighted by molar-refractivity contribution is 6.04. The van der Waals surface area contributed by atoms with E-state index in [2.05, 4.69) is 6.92 Å². The fraction of sp³-hybridized carbons (Fsp3) is 0.650. The van der Waals surface area contributed by atoms with Gasteiger partial charge in [0.1, 0.15) is 12.5 Å². The van der Waals surface area contributed by atoms with Gasteiger partial charge in [0.05, 0.1) is 13.2 Å². The Morgan fingerprint density at radius 1 is 1.16 bits per heavy atom. The molecule has 1 aliphatic heterocycles. The number of amides is 1. The van der Waals surface area contributed by atoms with Gasteiger partial charge in [0.15, 0.2) is 6.10 Å². The van der Waals surface area contributed by atoms with Crippen LogP contribution in [0.1, 0.15) is 39.0 Å². The molecule has 2 aliphatic rings. The molecule has 138 valence electrons. The van der Waals surface area contributed by atoms with E-state index in [1.165, 1.54) is 25.7 Å². The average molecular weight is 347 g/mol. The molecule has 1 unspecified atom stereocenters. The normalized spacial score (nSPS) is 24.6. The van der Waals surface area contributed by atoms with E-state index in [0.29, 0.717) is 5.92 Å². The van der Waals surface area contributed by atoms with Gasteiger partial charge < -0.3 is 19.1 Å². The lowest BCUT2D eigenvalue weighted by Crippen LogP contribution is -2.66. The third-order valence-corrected chi connectivity index (χ3v) is 5.48. The molecule has 0 aromatic heterocycles. The molecular weight excluding hydrogens is 318 g/mol. The van der Waals surface area contributed by atoms with Crippen molar-refractivity contribution in [3.8, 4) is 5.75 Å². The van der Waals surface area contributed by atoms with Crippen LogP contribution in [0.2, 0.25) is 0 Å². The highest BCUT2D eigenvalue weighted by Crippen LogP contribution is 2.38. The van der Waals surface area contributed by atoms with Crippen molar-refractivity contribution in [2.24, 2.45) is 11.8 Å². The van der Waals surface area contributed by atoms with Crippen molar-refractivity contribution in [1.82, 2.24) is 0 Å². The van der Waals surface area contributed by atoms with E-state index in [0.717, 1.165) is 23.8 Å². The molecule has 2 fully saturated rings. The van der Waals surface area contributed by atoms with Crippen molar-refractivity contribution >= 4 is 11.6 Å². The first kappa shape index (κ1) is 18.2. The van der Waals surface area contributed by atoms with Gasteiger partial charge in [-0.25, -0.2) is 0 Å². The summed E-state index contributed by atoms with van der Waals surface area (Å²) in [6, 6.07) is 7.73. The summed E-state index contributed by atoms with van der Waals surface area (Å²) >= 11 is 0. The van der Waals surface area contributed by atoms with Crippen LogP contribution in [0.15, 0.2) is 24.3 Å². The molecule has 3 rings (SSSR count). The van der Waals surface area contributed by atoms with Crippen LogP contribution in [-0.2, 0) is 14.3 Å². The fourth-order valence-corrected chi connectivity index (χ4v) is 3.94. The van der Waals surface area contributed by atoms with E-state index >= 15 is 0 Å². The van der Waals surface area contributed by atoms with Crippen molar-refractivity contribution in [3.05, 3.63) is 24.3 Å². The molecule has 1 aliphatic carbocycles. The third kappa shape index (κ3) is 3.98. The zero-order valence-electron chi connectivity index (χ0n) is 15.4. The van der Waals surface area contributed by atoms with E-state index in [1.54, 1.807) is 14.2 Å². The van der Waals surface area contributed by atoms with E-state index < -0.39 is 6.10 Å². The maximum absolute atomic E-state index is 12.6. The van der Waals surface area contributed by atoms with Gasteiger partial charge in [-0.2, -0.15) is 0 Å². The highest BCUT2D eigenvalue weighted by Gasteiger charge is 2.49. The van der Waals surface area contributed by atoms with Crippen LogP contribution < -0.4 is 9.64 Å². The molecule has 1 aromatic rings. The maximum atomic E-state index is 12.6. The number of rotatable bonds is 9. The summed E-state index contributed by atoms with van der Waals surface area (Å²) in [5, 5.41) is 0. The van der Waals surface area contributed by atoms with Crippen molar-refractivity contribution in [2.45, 2.75) is 51.2 Å². The molecule has 25 heavy (non-hydrogen) atoms. The molecule has 3 atom stereocenters. The van der Waals surface area contributed by atoms with Crippen LogP contribution in [0.25, 0.3) is 0 Å². The SMILES string of the molecule is COCO[C@H]1C(=O)N(c2ccc(OC)cc2)C1C[C@H](C)CC1CCC1. The predicted molar refractivity (Wildman–Crippen MR) is 96.8 cm³/mol. The first-order chi connectivity index (χ1) is 12.1. The molecule has 1 saturated heterocycles. The number of β-lactam (4-membered cyclic amide) rings is 1. The maximum Gasteiger partial charge on any atom is 0.258 e. The summed E-state index contributed by atoms with van der Waals surface area (Å²) in [4.78, 5) is 14.5. The number of carbonyl (C=O) groups is 1. The third-order valence-electron chi connectivity index (χ3n) is 5.48. The first-order valence-corrected chi connectivity index (χ1v) is 9.21. The van der Waals surface area contributed by atoms with Gasteiger partial charge in [0.25, 0.3) is 5.91 Å². The van der Waals surface area contributed by atoms with Crippen LogP contribution in [0.3, 0.4) is 0 Å². The second-order valence-electron chi connectivity index (χ2n) is 7.34. The zero-order chi connectivity index (χ0) is 17.8. The van der Waals surface area contributed by atoms with Gasteiger partial charge in [-0.15, -0.1) is 0 Å². The Labute approximate surface area is 150 Å². The monoisotopic (exact) mass is 347 g/mol. The summed E-state index contributed by atoms with van der Waals surface area (Å²) in [6.45, 7) is 2.45. The Morgan fingerprint density at radius 3 is 2.44 bits per heavy atom. The van der Waals surface area contributed by atoms with Crippen molar-refractivity contribution in [1.29, 1.82) is 0 Å². The zero-order valence-corrected chi connectivity index (χ0v) is 15.4. The first-order valence-electron chi connectivity index (χ1n) is 9.21. The van der Waals surface area contributed by atoms with Crippen molar-refractivity contribution < 1.29 is 19.0 Å². The molecule has 0 spiro atoms. The van der Waals surface area contributed by atoms with E-state index in [1.807, 2.05) is 29.2 Å². The molecule has 0 bridgehead atoms. The van der Waals surface area contributed by atoms with Crippen molar-refractivity contribution in [2.75, 3.05) is 25.9 Å². The Bertz CT molecular complexity index is 570. The minimum atomic E-state index is -0.397. The smallest absolute Gasteiger partial charge is 0.258 e. The molecule has 1 heterocycles. The summed E-state index contributed by atoms with van der Waals surface area (Å²) in [7, 11) is 3.22. The number of hydrogen-bond donors (Lipinski definition) is 0. The number of benzene rings is 1. The van der Waals surface area contributed by atoms with Crippen LogP contribution in [0.5, 0.6) is 5.75 Å². The Balaban J connectivity index is 1.68. The Hall–Kier alpha value is -1.59. The quantitative estimate of drug-likeness (QED) is 0.506. The summed E-state index contributed by atoms with van der Waals surface area (Å²) in [5.74, 6) is 2.26. The van der Waals surface area contributed by atoms with Gasteiger partial charge in [-0.3, -0.25) is 4.79 Å². The molecule has 1 amide bonds. The second-order valence-corrected chi connectivity index (χ2v) is 7.34. The number of carbonyl (C=O) groups excluding carboxylic acids is 1. The highest BCUT2D eigenvalue weighted by atomic mass is 16.7. The lowest BCUT2D eigenvalue weighted by atomic mass is 9.76. The minimum Gasteiger partial charge on any atom is -0.497 e. The molecule has 5 heteroatoms. The topological polar surface area (TPSA) is 48.0 Å². The van der Waals surface area contributed by atoms with Crippen molar-refractivity contribution in [3.63, 3.8) is 0 Å². The largest absolute Gasteiger partial charge is 0.497 e. The lowest BCUT2D eigenvalue weighted by Gasteiger charge is -2.47. The van der Waals surface area contributed by atoms with Crippen LogP contribution in [-0.4, -0.2) is 39.1 Å². The lowest BCUT2D eigenvalue weighted by molar-refractivity contribution is -0.155. The number of anilines is 1. The number of nitrogens with zero attached hydrogens (tertiary/aromatic N) is 1. The van der Waals surface area contributed by atoms with E-state index in [4.69, 9.17) is 14.2 Å². The molecule has 1 saturated carbocycles. The standard InChI is InChI=1S/C20H29NO4/c1-14(11-15-5-4-6-15)12-18-19(25-13-23-2)20(22)21(18)16-7-9-17(24-3)10-8-16/h7-10,14-15,18-19H,4-6,11-13H2,1-3H3/t14-,18?,19-/m1/s1. The van der Waals surface area contributed by atoms with Gasteiger partial charge in [0.2, 0.25) is 0 Å². The molecule has 0 radical (unpaired) electrons. The number of methoxy groups -OCH3 is 2. The van der Waals surface area contributed by atoms with Gasteiger partial charge >= 0.3 is 0 Å². The summed E-state index contributed by atoms with van der Waals surface area (Å²) in [6.07, 6.45) is 5.91. The van der Waals surface area contributed by atoms with Gasteiger partial charge in [0, 0.05) is 12.8 Å². The summed E-state index contributed by atoms with van der Waals surface area (Å²) < 4.78 is 15.9. The summed E-state index contributed by atoms with van der Waals surface area (Å²) in [5.41, 5.74) is 0.906. The average Bonchev–Trinajstić information content (AvgIpc) is 2.59. The predicted octanol–water partition coefficient (Wildman–Crippen LogP) is 3.62. The fourth-order valence-electron chi connectivity index (χ4n) is 3.94. The Morgan fingerprint density at radius 2 is 1.88 bits per heavy atom. The minimum absolute atomic E-state index is 0.0167. The van der Waals surface area contributed by atoms with Gasteiger partial charge in [-0.1, -0.05) is 26.2 Å². The number of hydrogen-bond acceptors (Lipinski definition) is 4. The van der Waals surface area contributed by atoms with E-state index in [9.17, 15) is 4.79 Å². The Kier molecular flexibility index (Phi) is 5.97. The molecule has 0 N–H and O–H groups in total. The molecular formula is C20H29NO4. The van der Waals surface area contributed by atoms with E-state index in [-0.39, 0.29) is 18.7 Å². The van der Waals surface area contributed by atoms with Crippen LogP contribution >= 0.6 is 0 Å². The molecule has 5 nitrogen and oxygen atoms in total. The van der Waals surface area contributed by atoms with Crippen LogP contribution in [0.4, 0.5) is 5.69 Å². The second kappa shape index (κ2) is 8.19. The number of ether oxygens (including phenoxy) is 3.